The number of hydrogen-bond donors (Lipinski definition) is 2. The fourth-order valence-corrected chi connectivity index (χ4v) is 0. The number of rotatable bonds is 0. The van der Waals surface area contributed by atoms with Gasteiger partial charge in [0.2, 0.25) is 0 Å². The largest absolute Gasteiger partial charge is 3.00 e. The van der Waals surface area contributed by atoms with Crippen molar-refractivity contribution >= 4 is 65.9 Å². The van der Waals surface area contributed by atoms with Crippen molar-refractivity contribution in [2.24, 2.45) is 11.7 Å². The molecule has 0 saturated heterocycles. The van der Waals surface area contributed by atoms with Crippen molar-refractivity contribution in [3.8, 4) is 0 Å². The van der Waals surface area contributed by atoms with Crippen LogP contribution in [0.3, 0.4) is 0 Å². The molecule has 0 aliphatic rings. The molecule has 0 aliphatic heterocycles. The summed E-state index contributed by atoms with van der Waals surface area (Å²) >= 11 is 0. The van der Waals surface area contributed by atoms with E-state index in [0.717, 1.165) is 0 Å². The van der Waals surface area contributed by atoms with Gasteiger partial charge >= 0.3 is 34.7 Å². The van der Waals surface area contributed by atoms with Crippen molar-refractivity contribution in [2.45, 2.75) is 0 Å². The smallest absolute Gasteiger partial charge is 0.759 e. The second-order valence-corrected chi connectivity index (χ2v) is 3.67. The van der Waals surface area contributed by atoms with Crippen LogP contribution in [0.2, 0.25) is 0 Å². The zero-order valence-electron chi connectivity index (χ0n) is 8.43. The topological polar surface area (TPSA) is 293 Å². The van der Waals surface area contributed by atoms with Crippen LogP contribution in [0.1, 0.15) is 0 Å². The molecule has 0 radical (unpaired) electrons. The van der Waals surface area contributed by atoms with E-state index in [1.807, 2.05) is 0 Å². The van der Waals surface area contributed by atoms with Crippen LogP contribution in [0.25, 0.3) is 0 Å². The monoisotopic (exact) mass is 374 g/mol. The normalized spacial score (nSPS) is 9.47. The maximum atomic E-state index is 8.52. The molecule has 0 spiro atoms. The van der Waals surface area contributed by atoms with E-state index in [0.29, 0.717) is 0 Å². The minimum Gasteiger partial charge on any atom is -0.759 e. The van der Waals surface area contributed by atoms with E-state index in [1.54, 1.807) is 0 Å². The Kier molecular flexibility index (Phi) is 32.1. The maximum Gasteiger partial charge on any atom is 3.00 e. The third-order valence-corrected chi connectivity index (χ3v) is 0. The van der Waals surface area contributed by atoms with Gasteiger partial charge in [-0.3, -0.25) is 36.9 Å². The van der Waals surface area contributed by atoms with Gasteiger partial charge in [0.1, 0.15) is 0 Å². The molecule has 0 rings (SSSR count). The molecule has 0 aromatic heterocycles. The van der Waals surface area contributed by atoms with Gasteiger partial charge in [-0.15, -0.1) is 0 Å². The van der Waals surface area contributed by atoms with Crippen LogP contribution in [0.4, 0.5) is 0 Å². The van der Waals surface area contributed by atoms with Crippen LogP contribution in [-0.4, -0.2) is 87.3 Å². The van der Waals surface area contributed by atoms with Crippen molar-refractivity contribution in [3.63, 3.8) is 0 Å². The second kappa shape index (κ2) is 16.6. The van der Waals surface area contributed by atoms with Gasteiger partial charge in [0.25, 0.3) is 0 Å². The maximum absolute atomic E-state index is 8.52. The summed E-state index contributed by atoms with van der Waals surface area (Å²) in [7, 11) is -15.5. The molecule has 0 aromatic rings. The van der Waals surface area contributed by atoms with Crippen LogP contribution < -0.4 is 11.7 Å². The molecule has 14 nitrogen and oxygen atoms in total. The van der Waals surface area contributed by atoms with Gasteiger partial charge in [-0.1, -0.05) is 0 Å². The van der Waals surface area contributed by atoms with Crippen molar-refractivity contribution in [1.29, 1.82) is 0 Å². The molecule has 0 unspecified atom stereocenters. The predicted octanol–water partition coefficient (Wildman–Crippen LogP) is -5.96. The van der Waals surface area contributed by atoms with Gasteiger partial charge in [0.15, 0.2) is 0 Å². The van der Waals surface area contributed by atoms with E-state index in [-0.39, 0.29) is 34.7 Å². The third kappa shape index (κ3) is 14500. The summed E-state index contributed by atoms with van der Waals surface area (Å²) in [6.07, 6.45) is 0. The van der Waals surface area contributed by atoms with E-state index in [2.05, 4.69) is 11.7 Å². The Morgan fingerprint density at radius 1 is 0.474 bits per heavy atom. The van der Waals surface area contributed by atoms with Crippen LogP contribution in [0.5, 0.6) is 0 Å². The molecule has 0 heterocycles. The molecular formula is H4Al2N2O12S3. The van der Waals surface area contributed by atoms with Crippen molar-refractivity contribution < 1.29 is 52.6 Å². The van der Waals surface area contributed by atoms with Crippen molar-refractivity contribution in [2.75, 3.05) is 0 Å². The zero-order chi connectivity index (χ0) is 15.5. The number of hydrogen-bond acceptors (Lipinski definition) is 14. The summed E-state index contributed by atoms with van der Waals surface area (Å²) in [5.41, 5.74) is 0. The fourth-order valence-electron chi connectivity index (χ4n) is 0. The van der Waals surface area contributed by atoms with Crippen LogP contribution in [0.15, 0.2) is 0 Å². The average molecular weight is 374 g/mol. The SMILES string of the molecule is NN.O=S(=O)([O-])[O-].O=S(=O)([O-])[O-].O=S(=O)([O-])[O-].[Al+3].[Al+3]. The fraction of sp³-hybridized carbons (Fsp3) is 0. The summed E-state index contributed by atoms with van der Waals surface area (Å²) < 4.78 is 102. The molecule has 0 bridgehead atoms. The molecule has 0 atom stereocenters. The predicted molar refractivity (Wildman–Crippen MR) is 51.3 cm³/mol. The zero-order valence-corrected chi connectivity index (χ0v) is 13.2. The molecule has 4 N–H and O–H groups in total. The van der Waals surface area contributed by atoms with E-state index in [4.69, 9.17) is 52.6 Å². The second-order valence-electron chi connectivity index (χ2n) is 1.22. The van der Waals surface area contributed by atoms with Gasteiger partial charge < -0.3 is 27.3 Å². The van der Waals surface area contributed by atoms with Crippen LogP contribution in [-0.2, 0) is 31.2 Å². The molecule has 0 aromatic carbocycles. The molecular weight excluding hydrogens is 370 g/mol. The van der Waals surface area contributed by atoms with Gasteiger partial charge in [0.05, 0.1) is 0 Å². The summed E-state index contributed by atoms with van der Waals surface area (Å²) in [5.74, 6) is 8.00. The Morgan fingerprint density at radius 2 is 0.474 bits per heavy atom. The summed E-state index contributed by atoms with van der Waals surface area (Å²) in [5, 5.41) is 0. The molecule has 0 aliphatic carbocycles. The average Bonchev–Trinajstić information content (AvgIpc) is 1.77. The molecule has 19 heavy (non-hydrogen) atoms. The van der Waals surface area contributed by atoms with Crippen molar-refractivity contribution in [1.82, 2.24) is 0 Å². The minimum atomic E-state index is -5.17. The Hall–Kier alpha value is 0.595. The quantitative estimate of drug-likeness (QED) is 0.131. The standard InChI is InChI=1S/2Al.H4N2.3H2O4S/c;;1-2;3*1-5(2,3)4/h;;1-2H2;3*(H2,1,2,3,4)/q2*+3;;;;/p-6. The minimum absolute atomic E-state index is 0. The van der Waals surface area contributed by atoms with Gasteiger partial charge in [-0.25, -0.2) is 0 Å². The Bertz CT molecular complexity index is 350. The molecule has 19 heteroatoms. The summed E-state index contributed by atoms with van der Waals surface area (Å²) in [6, 6.07) is 0. The van der Waals surface area contributed by atoms with E-state index in [1.165, 1.54) is 0 Å². The first-order valence-electron chi connectivity index (χ1n) is 2.33. The number of hydrazine groups is 1. The van der Waals surface area contributed by atoms with Gasteiger partial charge in [-0.2, -0.15) is 0 Å². The third-order valence-electron chi connectivity index (χ3n) is 0. The Morgan fingerprint density at radius 3 is 0.474 bits per heavy atom. The van der Waals surface area contributed by atoms with Gasteiger partial charge in [0, 0.05) is 31.2 Å². The first-order chi connectivity index (χ1) is 7.00. The van der Waals surface area contributed by atoms with E-state index >= 15 is 0 Å². The molecule has 0 fully saturated rings. The first kappa shape index (κ1) is 36.7. The molecule has 110 valence electrons. The number of nitrogens with two attached hydrogens (primary N) is 2. The van der Waals surface area contributed by atoms with Crippen LogP contribution in [0, 0.1) is 0 Å². The van der Waals surface area contributed by atoms with Crippen LogP contribution >= 0.6 is 0 Å². The summed E-state index contributed by atoms with van der Waals surface area (Å²) in [6.45, 7) is 0. The van der Waals surface area contributed by atoms with Gasteiger partial charge in [-0.05, 0) is 0 Å². The first-order valence-corrected chi connectivity index (χ1v) is 6.33. The molecule has 0 saturated carbocycles. The van der Waals surface area contributed by atoms with E-state index in [9.17, 15) is 0 Å². The Labute approximate surface area is 130 Å². The Balaban J connectivity index is -0.0000000298. The summed E-state index contributed by atoms with van der Waals surface area (Å²) in [4.78, 5) is 0. The van der Waals surface area contributed by atoms with Crippen molar-refractivity contribution in [3.05, 3.63) is 0 Å². The molecule has 0 amide bonds. The van der Waals surface area contributed by atoms with E-state index < -0.39 is 31.2 Å².